The molecular formula is C18H23ClF3N3O4. The first-order valence-electron chi connectivity index (χ1n) is 8.42. The van der Waals surface area contributed by atoms with E-state index >= 15 is 0 Å². The lowest BCUT2D eigenvalue weighted by Gasteiger charge is -2.22. The summed E-state index contributed by atoms with van der Waals surface area (Å²) < 4.78 is 49.3. The third-order valence-electron chi connectivity index (χ3n) is 2.73. The van der Waals surface area contributed by atoms with Crippen LogP contribution in [0.25, 0.3) is 0 Å². The van der Waals surface area contributed by atoms with Gasteiger partial charge in [-0.3, -0.25) is 10.6 Å². The van der Waals surface area contributed by atoms with Crippen molar-refractivity contribution < 1.29 is 32.2 Å². The Morgan fingerprint density at radius 3 is 1.76 bits per heavy atom. The Balaban J connectivity index is 3.22. The molecule has 0 atom stereocenters. The van der Waals surface area contributed by atoms with E-state index < -0.39 is 46.1 Å². The van der Waals surface area contributed by atoms with Crippen molar-refractivity contribution in [2.45, 2.75) is 58.9 Å². The fraction of sp³-hybridized carbons (Fsp3) is 0.500. The lowest BCUT2D eigenvalue weighted by atomic mass is 10.2. The highest BCUT2D eigenvalue weighted by molar-refractivity contribution is 6.31. The van der Waals surface area contributed by atoms with E-state index in [-0.39, 0.29) is 5.69 Å². The van der Waals surface area contributed by atoms with E-state index in [4.69, 9.17) is 21.1 Å². The molecule has 11 heteroatoms. The van der Waals surface area contributed by atoms with Crippen molar-refractivity contribution in [2.75, 3.05) is 0 Å². The summed E-state index contributed by atoms with van der Waals surface area (Å²) in [5.41, 5.74) is -3.05. The molecule has 162 valence electrons. The summed E-state index contributed by atoms with van der Waals surface area (Å²) in [6, 6.07) is 2.86. The Morgan fingerprint density at radius 1 is 0.931 bits per heavy atom. The molecular weight excluding hydrogens is 415 g/mol. The standard InChI is InChI=1S/C18H23ClF3N3O4/c1-16(2,3)28-14(26)24-13(25-15(27)29-17(4,5)6)23-10-7-8-12(19)11(9-10)18(20,21)22/h7-9H,1-6H3,(H2,23,24,25,26,27). The molecule has 0 saturated carbocycles. The van der Waals surface area contributed by atoms with Crippen LogP contribution < -0.4 is 10.6 Å². The van der Waals surface area contributed by atoms with Gasteiger partial charge >= 0.3 is 18.4 Å². The van der Waals surface area contributed by atoms with Gasteiger partial charge < -0.3 is 9.47 Å². The van der Waals surface area contributed by atoms with Gasteiger partial charge in [-0.25, -0.2) is 14.6 Å². The Morgan fingerprint density at radius 2 is 1.38 bits per heavy atom. The molecule has 0 aliphatic heterocycles. The molecule has 2 N–H and O–H groups in total. The van der Waals surface area contributed by atoms with E-state index in [2.05, 4.69) is 15.6 Å². The number of hydrogen-bond donors (Lipinski definition) is 2. The van der Waals surface area contributed by atoms with Crippen molar-refractivity contribution in [3.05, 3.63) is 28.8 Å². The Labute approximate surface area is 171 Å². The highest BCUT2D eigenvalue weighted by Gasteiger charge is 2.33. The van der Waals surface area contributed by atoms with E-state index in [0.717, 1.165) is 6.07 Å². The summed E-state index contributed by atoms with van der Waals surface area (Å²) >= 11 is 5.58. The van der Waals surface area contributed by atoms with Crippen LogP contribution in [0.15, 0.2) is 23.2 Å². The van der Waals surface area contributed by atoms with Gasteiger partial charge in [-0.1, -0.05) is 11.6 Å². The second-order valence-corrected chi connectivity index (χ2v) is 8.28. The van der Waals surface area contributed by atoms with Crippen molar-refractivity contribution in [1.29, 1.82) is 0 Å². The smallest absolute Gasteiger partial charge is 0.417 e. The molecule has 0 saturated heterocycles. The maximum absolute atomic E-state index is 13.0. The van der Waals surface area contributed by atoms with Crippen molar-refractivity contribution in [3.8, 4) is 0 Å². The molecule has 0 unspecified atom stereocenters. The molecule has 1 aromatic rings. The van der Waals surface area contributed by atoms with Gasteiger partial charge in [-0.15, -0.1) is 0 Å². The van der Waals surface area contributed by atoms with Crippen molar-refractivity contribution in [3.63, 3.8) is 0 Å². The molecule has 0 heterocycles. The van der Waals surface area contributed by atoms with Gasteiger partial charge in [0, 0.05) is 0 Å². The highest BCUT2D eigenvalue weighted by atomic mass is 35.5. The summed E-state index contributed by atoms with van der Waals surface area (Å²) in [5, 5.41) is 3.83. The normalized spacial score (nSPS) is 12.1. The van der Waals surface area contributed by atoms with E-state index in [1.165, 1.54) is 6.07 Å². The van der Waals surface area contributed by atoms with Crippen LogP contribution in [-0.2, 0) is 15.7 Å². The van der Waals surface area contributed by atoms with Gasteiger partial charge in [0.15, 0.2) is 0 Å². The fourth-order valence-electron chi connectivity index (χ4n) is 1.82. The molecule has 0 aliphatic carbocycles. The van der Waals surface area contributed by atoms with E-state index in [1.54, 1.807) is 41.5 Å². The second kappa shape index (κ2) is 8.89. The first-order valence-corrected chi connectivity index (χ1v) is 8.79. The first kappa shape index (κ1) is 24.5. The average molecular weight is 438 g/mol. The minimum absolute atomic E-state index is 0.219. The van der Waals surface area contributed by atoms with Gasteiger partial charge in [0.2, 0.25) is 5.96 Å². The zero-order chi connectivity index (χ0) is 22.6. The van der Waals surface area contributed by atoms with Gasteiger partial charge in [0.05, 0.1) is 16.3 Å². The molecule has 0 fully saturated rings. The monoisotopic (exact) mass is 437 g/mol. The number of nitrogens with one attached hydrogen (secondary N) is 2. The van der Waals surface area contributed by atoms with Crippen LogP contribution in [0, 0.1) is 0 Å². The zero-order valence-corrected chi connectivity index (χ0v) is 17.6. The summed E-state index contributed by atoms with van der Waals surface area (Å²) in [6.07, 6.45) is -6.66. The van der Waals surface area contributed by atoms with Crippen LogP contribution in [-0.4, -0.2) is 29.3 Å². The number of benzene rings is 1. The predicted molar refractivity (Wildman–Crippen MR) is 102 cm³/mol. The number of carbonyl (C=O) groups is 2. The minimum Gasteiger partial charge on any atom is -0.444 e. The first-order chi connectivity index (χ1) is 13.0. The summed E-state index contributed by atoms with van der Waals surface area (Å²) in [6.45, 7) is 9.66. The summed E-state index contributed by atoms with van der Waals surface area (Å²) in [5.74, 6) is -0.482. The third kappa shape index (κ3) is 9.51. The summed E-state index contributed by atoms with van der Waals surface area (Å²) in [4.78, 5) is 27.8. The molecule has 0 aliphatic rings. The van der Waals surface area contributed by atoms with E-state index in [0.29, 0.717) is 6.07 Å². The molecule has 0 aromatic heterocycles. The van der Waals surface area contributed by atoms with Gasteiger partial charge in [-0.05, 0) is 59.7 Å². The molecule has 0 radical (unpaired) electrons. The van der Waals surface area contributed by atoms with Gasteiger partial charge in [-0.2, -0.15) is 13.2 Å². The number of rotatable bonds is 1. The van der Waals surface area contributed by atoms with Crippen LogP contribution in [0.4, 0.5) is 28.4 Å². The molecule has 29 heavy (non-hydrogen) atoms. The van der Waals surface area contributed by atoms with E-state index in [9.17, 15) is 22.8 Å². The van der Waals surface area contributed by atoms with Gasteiger partial charge in [0.1, 0.15) is 11.2 Å². The lowest BCUT2D eigenvalue weighted by Crippen LogP contribution is -2.47. The van der Waals surface area contributed by atoms with Crippen molar-refractivity contribution in [1.82, 2.24) is 10.6 Å². The Hall–Kier alpha value is -2.49. The number of amides is 2. The number of hydrogen-bond acceptors (Lipinski definition) is 5. The van der Waals surface area contributed by atoms with Crippen LogP contribution in [0.5, 0.6) is 0 Å². The van der Waals surface area contributed by atoms with Crippen LogP contribution in [0.1, 0.15) is 47.1 Å². The lowest BCUT2D eigenvalue weighted by molar-refractivity contribution is -0.137. The SMILES string of the molecule is CC(C)(C)OC(=O)NC(=Nc1ccc(Cl)c(C(F)(F)F)c1)NC(=O)OC(C)(C)C. The minimum atomic E-state index is -4.71. The van der Waals surface area contributed by atoms with E-state index in [1.807, 2.05) is 0 Å². The fourth-order valence-corrected chi connectivity index (χ4v) is 2.04. The Bertz CT molecular complexity index is 765. The van der Waals surface area contributed by atoms with Crippen LogP contribution in [0.2, 0.25) is 5.02 Å². The largest absolute Gasteiger partial charge is 0.444 e. The van der Waals surface area contributed by atoms with Gasteiger partial charge in [0.25, 0.3) is 0 Å². The molecule has 7 nitrogen and oxygen atoms in total. The highest BCUT2D eigenvalue weighted by Crippen LogP contribution is 2.36. The number of alkyl halides is 3. The maximum Gasteiger partial charge on any atom is 0.417 e. The third-order valence-corrected chi connectivity index (χ3v) is 3.06. The topological polar surface area (TPSA) is 89.0 Å². The number of guanidine groups is 1. The Kier molecular flexibility index (Phi) is 7.53. The number of halogens is 4. The number of alkyl carbamates (subject to hydrolysis) is 2. The molecule has 0 spiro atoms. The van der Waals surface area contributed by atoms with Crippen molar-refractivity contribution >= 4 is 35.4 Å². The number of carbonyl (C=O) groups excluding carboxylic acids is 2. The molecule has 1 rings (SSSR count). The molecule has 0 bridgehead atoms. The number of ether oxygens (including phenoxy) is 2. The predicted octanol–water partition coefficient (Wildman–Crippen LogP) is 5.40. The quantitative estimate of drug-likeness (QED) is 0.455. The molecule has 2 amide bonds. The second-order valence-electron chi connectivity index (χ2n) is 7.88. The average Bonchev–Trinajstić information content (AvgIpc) is 2.43. The maximum atomic E-state index is 13.0. The van der Waals surface area contributed by atoms with Crippen LogP contribution >= 0.6 is 11.6 Å². The zero-order valence-electron chi connectivity index (χ0n) is 16.8. The number of nitrogens with zero attached hydrogens (tertiary/aromatic N) is 1. The number of aliphatic imine (C=N–C) groups is 1. The summed E-state index contributed by atoms with van der Waals surface area (Å²) in [7, 11) is 0. The van der Waals surface area contributed by atoms with Crippen molar-refractivity contribution in [2.24, 2.45) is 4.99 Å². The molecule has 1 aromatic carbocycles. The van der Waals surface area contributed by atoms with Crippen LogP contribution in [0.3, 0.4) is 0 Å².